The number of rotatable bonds is 1. The van der Waals surface area contributed by atoms with Gasteiger partial charge in [0.2, 0.25) is 0 Å². The largest absolute Gasteiger partial charge is 0.342 e. The van der Waals surface area contributed by atoms with Crippen molar-refractivity contribution < 1.29 is 0 Å². The minimum atomic E-state index is 0.797. The molecule has 0 spiro atoms. The monoisotopic (exact) mass is 238 g/mol. The molecule has 0 aliphatic carbocycles. The Hall–Kier alpha value is -2.23. The summed E-state index contributed by atoms with van der Waals surface area (Å²) in [5, 5.41) is 0. The van der Waals surface area contributed by atoms with Crippen molar-refractivity contribution in [1.29, 1.82) is 0 Å². The minimum absolute atomic E-state index is 0.797. The van der Waals surface area contributed by atoms with Crippen molar-refractivity contribution >= 4 is 11.0 Å². The van der Waals surface area contributed by atoms with Gasteiger partial charge in [-0.15, -0.1) is 0 Å². The molecule has 3 rings (SSSR count). The fourth-order valence-electron chi connectivity index (χ4n) is 2.16. The van der Waals surface area contributed by atoms with E-state index in [-0.39, 0.29) is 0 Å². The van der Waals surface area contributed by atoms with Gasteiger partial charge in [-0.3, -0.25) is 0 Å². The number of benzene rings is 1. The summed E-state index contributed by atoms with van der Waals surface area (Å²) in [7, 11) is 0. The molecule has 0 saturated carbocycles. The van der Waals surface area contributed by atoms with E-state index in [1.807, 2.05) is 39.0 Å². The molecule has 4 heteroatoms. The van der Waals surface area contributed by atoms with Crippen LogP contribution in [-0.4, -0.2) is 19.9 Å². The normalized spacial score (nSPS) is 11.1. The van der Waals surface area contributed by atoms with Gasteiger partial charge in [0.05, 0.1) is 16.7 Å². The van der Waals surface area contributed by atoms with Crippen LogP contribution in [0.2, 0.25) is 0 Å². The molecule has 2 aromatic heterocycles. The Morgan fingerprint density at radius 1 is 0.944 bits per heavy atom. The minimum Gasteiger partial charge on any atom is -0.342 e. The second-order valence-corrected chi connectivity index (χ2v) is 4.50. The molecule has 0 amide bonds. The third-order valence-electron chi connectivity index (χ3n) is 2.86. The van der Waals surface area contributed by atoms with E-state index < -0.39 is 0 Å². The van der Waals surface area contributed by atoms with Crippen LogP contribution in [0.5, 0.6) is 0 Å². The summed E-state index contributed by atoms with van der Waals surface area (Å²) < 4.78 is 0. The Labute approximate surface area is 105 Å². The summed E-state index contributed by atoms with van der Waals surface area (Å²) in [6.07, 6.45) is 0. The van der Waals surface area contributed by atoms with E-state index in [1.165, 1.54) is 0 Å². The third kappa shape index (κ3) is 1.86. The van der Waals surface area contributed by atoms with Gasteiger partial charge in [-0.2, -0.15) is 0 Å². The topological polar surface area (TPSA) is 54.5 Å². The third-order valence-corrected chi connectivity index (χ3v) is 2.86. The number of imidazole rings is 1. The molecule has 0 fully saturated rings. The van der Waals surface area contributed by atoms with Gasteiger partial charge >= 0.3 is 0 Å². The van der Waals surface area contributed by atoms with Crippen LogP contribution in [0.1, 0.15) is 17.3 Å². The molecule has 18 heavy (non-hydrogen) atoms. The molecule has 4 nitrogen and oxygen atoms in total. The summed E-state index contributed by atoms with van der Waals surface area (Å²) >= 11 is 0. The molecule has 0 radical (unpaired) electrons. The number of aryl methyl sites for hydroxylation is 3. The molecule has 0 aliphatic heterocycles. The van der Waals surface area contributed by atoms with Gasteiger partial charge in [0, 0.05) is 11.3 Å². The van der Waals surface area contributed by atoms with E-state index in [1.54, 1.807) is 0 Å². The maximum Gasteiger partial charge on any atom is 0.126 e. The number of fused-ring (bicyclic) bond motifs is 1. The first-order valence-electron chi connectivity index (χ1n) is 5.91. The molecule has 0 aliphatic rings. The van der Waals surface area contributed by atoms with E-state index in [9.17, 15) is 0 Å². The highest BCUT2D eigenvalue weighted by Gasteiger charge is 2.05. The summed E-state index contributed by atoms with van der Waals surface area (Å²) in [5.74, 6) is 1.73. The van der Waals surface area contributed by atoms with E-state index in [4.69, 9.17) is 0 Å². The zero-order valence-corrected chi connectivity index (χ0v) is 10.7. The SMILES string of the molecule is Cc1cc(-c2ccc3nc(C)[nH]c3c2)nc(C)n1. The first kappa shape index (κ1) is 10.9. The lowest BCUT2D eigenvalue weighted by Crippen LogP contribution is -1.93. The van der Waals surface area contributed by atoms with E-state index in [2.05, 4.69) is 26.0 Å². The van der Waals surface area contributed by atoms with Crippen LogP contribution in [0.3, 0.4) is 0 Å². The zero-order chi connectivity index (χ0) is 12.7. The van der Waals surface area contributed by atoms with Crippen molar-refractivity contribution in [2.75, 3.05) is 0 Å². The molecule has 3 aromatic rings. The first-order chi connectivity index (χ1) is 8.61. The van der Waals surface area contributed by atoms with Gasteiger partial charge in [-0.1, -0.05) is 6.07 Å². The summed E-state index contributed by atoms with van der Waals surface area (Å²) in [5.41, 5.74) is 5.05. The predicted octanol–water partition coefficient (Wildman–Crippen LogP) is 2.95. The second kappa shape index (κ2) is 3.91. The van der Waals surface area contributed by atoms with Gasteiger partial charge in [0.25, 0.3) is 0 Å². The lowest BCUT2D eigenvalue weighted by atomic mass is 10.1. The molecule has 1 N–H and O–H groups in total. The predicted molar refractivity (Wildman–Crippen MR) is 71.3 cm³/mol. The van der Waals surface area contributed by atoms with Crippen molar-refractivity contribution in [3.63, 3.8) is 0 Å². The van der Waals surface area contributed by atoms with Gasteiger partial charge in [0.1, 0.15) is 11.6 Å². The molecular formula is C14H14N4. The standard InChI is InChI=1S/C14H14N4/c1-8-6-13(17-9(2)15-8)11-4-5-12-14(7-11)18-10(3)16-12/h4-7H,1-3H3,(H,16,18). The average Bonchev–Trinajstić information content (AvgIpc) is 2.66. The molecule has 0 atom stereocenters. The summed E-state index contributed by atoms with van der Waals surface area (Å²) in [6, 6.07) is 8.14. The van der Waals surface area contributed by atoms with Crippen LogP contribution >= 0.6 is 0 Å². The fraction of sp³-hybridized carbons (Fsp3) is 0.214. The number of aromatic amines is 1. The molecule has 90 valence electrons. The van der Waals surface area contributed by atoms with Crippen molar-refractivity contribution in [1.82, 2.24) is 19.9 Å². The van der Waals surface area contributed by atoms with Gasteiger partial charge in [-0.05, 0) is 39.0 Å². The Morgan fingerprint density at radius 2 is 1.78 bits per heavy atom. The maximum atomic E-state index is 4.47. The Bertz CT molecular complexity index is 707. The van der Waals surface area contributed by atoms with E-state index >= 15 is 0 Å². The lowest BCUT2D eigenvalue weighted by molar-refractivity contribution is 1.02. The molecule has 1 aromatic carbocycles. The second-order valence-electron chi connectivity index (χ2n) is 4.50. The number of nitrogens with one attached hydrogen (secondary N) is 1. The number of hydrogen-bond donors (Lipinski definition) is 1. The van der Waals surface area contributed by atoms with Gasteiger partial charge in [-0.25, -0.2) is 15.0 Å². The number of hydrogen-bond acceptors (Lipinski definition) is 3. The van der Waals surface area contributed by atoms with Crippen molar-refractivity contribution in [2.24, 2.45) is 0 Å². The van der Waals surface area contributed by atoms with Crippen LogP contribution in [0.4, 0.5) is 0 Å². The van der Waals surface area contributed by atoms with E-state index in [0.29, 0.717) is 0 Å². The lowest BCUT2D eigenvalue weighted by Gasteiger charge is -2.03. The molecular weight excluding hydrogens is 224 g/mol. The molecule has 0 unspecified atom stereocenters. The van der Waals surface area contributed by atoms with Crippen LogP contribution in [0.25, 0.3) is 22.3 Å². The van der Waals surface area contributed by atoms with Gasteiger partial charge < -0.3 is 4.98 Å². The highest BCUT2D eigenvalue weighted by molar-refractivity contribution is 5.81. The first-order valence-corrected chi connectivity index (χ1v) is 5.91. The Kier molecular flexibility index (Phi) is 2.37. The summed E-state index contributed by atoms with van der Waals surface area (Å²) in [4.78, 5) is 16.4. The van der Waals surface area contributed by atoms with Crippen molar-refractivity contribution in [3.05, 3.63) is 41.6 Å². The molecule has 0 saturated heterocycles. The van der Waals surface area contributed by atoms with Crippen LogP contribution in [0.15, 0.2) is 24.3 Å². The Morgan fingerprint density at radius 3 is 2.56 bits per heavy atom. The smallest absolute Gasteiger partial charge is 0.126 e. The fourth-order valence-corrected chi connectivity index (χ4v) is 2.16. The molecule has 2 heterocycles. The van der Waals surface area contributed by atoms with Crippen LogP contribution in [0, 0.1) is 20.8 Å². The summed E-state index contributed by atoms with van der Waals surface area (Å²) in [6.45, 7) is 5.85. The highest BCUT2D eigenvalue weighted by Crippen LogP contribution is 2.22. The number of aromatic nitrogens is 4. The van der Waals surface area contributed by atoms with Gasteiger partial charge in [0.15, 0.2) is 0 Å². The molecule has 0 bridgehead atoms. The quantitative estimate of drug-likeness (QED) is 0.709. The number of H-pyrrole nitrogens is 1. The van der Waals surface area contributed by atoms with Crippen molar-refractivity contribution in [3.8, 4) is 11.3 Å². The van der Waals surface area contributed by atoms with E-state index in [0.717, 1.165) is 39.6 Å². The average molecular weight is 238 g/mol. The van der Waals surface area contributed by atoms with Crippen LogP contribution < -0.4 is 0 Å². The van der Waals surface area contributed by atoms with Crippen LogP contribution in [-0.2, 0) is 0 Å². The highest BCUT2D eigenvalue weighted by atomic mass is 14.9. The Balaban J connectivity index is 2.18. The number of nitrogens with zero attached hydrogens (tertiary/aromatic N) is 3. The van der Waals surface area contributed by atoms with Crippen molar-refractivity contribution in [2.45, 2.75) is 20.8 Å². The zero-order valence-electron chi connectivity index (χ0n) is 10.7. The maximum absolute atomic E-state index is 4.47.